The van der Waals surface area contributed by atoms with Crippen LogP contribution in [0.4, 0.5) is 10.1 Å². The number of ether oxygens (including phenoxy) is 1. The SMILES string of the molecule is CCCN(CC(=O)OC)C(=O)c1cc([N+](=O)[O-])ccc1F. The molecule has 1 rings (SSSR count). The van der Waals surface area contributed by atoms with E-state index in [1.807, 2.05) is 0 Å². The van der Waals surface area contributed by atoms with Gasteiger partial charge in [0, 0.05) is 18.7 Å². The van der Waals surface area contributed by atoms with Crippen LogP contribution in [0.3, 0.4) is 0 Å². The number of methoxy groups -OCH3 is 1. The zero-order valence-electron chi connectivity index (χ0n) is 11.7. The Hall–Kier alpha value is -2.51. The van der Waals surface area contributed by atoms with Gasteiger partial charge in [-0.15, -0.1) is 0 Å². The number of non-ortho nitro benzene ring substituents is 1. The second-order valence-corrected chi connectivity index (χ2v) is 4.22. The lowest BCUT2D eigenvalue weighted by Crippen LogP contribution is -2.37. The molecule has 1 aromatic carbocycles. The fourth-order valence-corrected chi connectivity index (χ4v) is 1.70. The molecule has 0 aliphatic heterocycles. The van der Waals surface area contributed by atoms with Gasteiger partial charge in [0.25, 0.3) is 11.6 Å². The molecule has 0 aromatic heterocycles. The Labute approximate surface area is 120 Å². The number of nitrogens with zero attached hydrogens (tertiary/aromatic N) is 2. The third kappa shape index (κ3) is 4.23. The van der Waals surface area contributed by atoms with Crippen LogP contribution >= 0.6 is 0 Å². The Morgan fingerprint density at radius 1 is 1.43 bits per heavy atom. The van der Waals surface area contributed by atoms with Crippen molar-refractivity contribution in [2.45, 2.75) is 13.3 Å². The number of carbonyl (C=O) groups is 2. The van der Waals surface area contributed by atoms with Gasteiger partial charge in [0.15, 0.2) is 0 Å². The molecule has 0 heterocycles. The minimum atomic E-state index is -0.878. The van der Waals surface area contributed by atoms with Gasteiger partial charge in [-0.25, -0.2) is 4.39 Å². The molecular formula is C13H15FN2O5. The molecule has 0 bridgehead atoms. The number of hydrogen-bond donors (Lipinski definition) is 0. The van der Waals surface area contributed by atoms with E-state index >= 15 is 0 Å². The molecule has 0 aliphatic carbocycles. The van der Waals surface area contributed by atoms with Crippen molar-refractivity contribution in [2.24, 2.45) is 0 Å². The van der Waals surface area contributed by atoms with Gasteiger partial charge in [-0.3, -0.25) is 19.7 Å². The molecular weight excluding hydrogens is 283 g/mol. The molecule has 0 aliphatic rings. The summed E-state index contributed by atoms with van der Waals surface area (Å²) in [6.45, 7) is 1.64. The lowest BCUT2D eigenvalue weighted by molar-refractivity contribution is -0.384. The summed E-state index contributed by atoms with van der Waals surface area (Å²) in [5.41, 5.74) is -0.837. The Morgan fingerprint density at radius 3 is 2.62 bits per heavy atom. The number of nitro benzene ring substituents is 1. The molecule has 0 saturated heterocycles. The number of hydrogen-bond acceptors (Lipinski definition) is 5. The van der Waals surface area contributed by atoms with E-state index in [9.17, 15) is 24.1 Å². The van der Waals surface area contributed by atoms with Crippen LogP contribution in [0.2, 0.25) is 0 Å². The van der Waals surface area contributed by atoms with E-state index in [1.165, 1.54) is 7.11 Å². The summed E-state index contributed by atoms with van der Waals surface area (Å²) in [7, 11) is 1.17. The van der Waals surface area contributed by atoms with Crippen LogP contribution in [-0.2, 0) is 9.53 Å². The maximum Gasteiger partial charge on any atom is 0.325 e. The fraction of sp³-hybridized carbons (Fsp3) is 0.385. The van der Waals surface area contributed by atoms with Gasteiger partial charge in [-0.2, -0.15) is 0 Å². The first kappa shape index (κ1) is 16.5. The number of carbonyl (C=O) groups excluding carboxylic acids is 2. The highest BCUT2D eigenvalue weighted by Gasteiger charge is 2.23. The Balaban J connectivity index is 3.10. The van der Waals surface area contributed by atoms with Crippen LogP contribution in [0.1, 0.15) is 23.7 Å². The first-order chi connectivity index (χ1) is 9.90. The summed E-state index contributed by atoms with van der Waals surface area (Å²) in [6.07, 6.45) is 0.541. The van der Waals surface area contributed by atoms with E-state index in [4.69, 9.17) is 0 Å². The van der Waals surface area contributed by atoms with Crippen molar-refractivity contribution in [3.05, 3.63) is 39.7 Å². The van der Waals surface area contributed by atoms with Crippen molar-refractivity contribution >= 4 is 17.6 Å². The Bertz CT molecular complexity index is 561. The standard InChI is InChI=1S/C13H15FN2O5/c1-3-6-15(8-12(17)21-2)13(18)10-7-9(16(19)20)4-5-11(10)14/h4-5,7H,3,6,8H2,1-2H3. The normalized spacial score (nSPS) is 10.0. The van der Waals surface area contributed by atoms with Crippen LogP contribution in [0.5, 0.6) is 0 Å². The molecule has 0 N–H and O–H groups in total. The zero-order chi connectivity index (χ0) is 16.0. The molecule has 21 heavy (non-hydrogen) atoms. The van der Waals surface area contributed by atoms with Crippen LogP contribution in [0, 0.1) is 15.9 Å². The predicted octanol–water partition coefficient (Wildman–Crippen LogP) is 1.76. The summed E-state index contributed by atoms with van der Waals surface area (Å²) < 4.78 is 18.2. The summed E-state index contributed by atoms with van der Waals surface area (Å²) in [4.78, 5) is 34.6. The van der Waals surface area contributed by atoms with Gasteiger partial charge in [0.05, 0.1) is 17.6 Å². The van der Waals surface area contributed by atoms with Gasteiger partial charge in [-0.1, -0.05) is 6.92 Å². The fourth-order valence-electron chi connectivity index (χ4n) is 1.70. The second kappa shape index (κ2) is 7.32. The third-order valence-corrected chi connectivity index (χ3v) is 2.72. The predicted molar refractivity (Wildman–Crippen MR) is 71.3 cm³/mol. The van der Waals surface area contributed by atoms with Crippen molar-refractivity contribution in [2.75, 3.05) is 20.2 Å². The van der Waals surface area contributed by atoms with E-state index in [0.29, 0.717) is 6.42 Å². The number of amides is 1. The summed E-state index contributed by atoms with van der Waals surface area (Å²) >= 11 is 0. The maximum absolute atomic E-state index is 13.7. The van der Waals surface area contributed by atoms with Crippen molar-refractivity contribution in [1.29, 1.82) is 0 Å². The molecule has 7 nitrogen and oxygen atoms in total. The van der Waals surface area contributed by atoms with E-state index in [-0.39, 0.29) is 13.1 Å². The molecule has 0 saturated carbocycles. The quantitative estimate of drug-likeness (QED) is 0.453. The number of halogens is 1. The van der Waals surface area contributed by atoms with E-state index in [2.05, 4.69) is 4.74 Å². The van der Waals surface area contributed by atoms with E-state index < -0.39 is 33.9 Å². The highest BCUT2D eigenvalue weighted by molar-refractivity contribution is 5.96. The van der Waals surface area contributed by atoms with Crippen molar-refractivity contribution in [1.82, 2.24) is 4.90 Å². The first-order valence-corrected chi connectivity index (χ1v) is 6.20. The summed E-state index contributed by atoms with van der Waals surface area (Å²) in [6, 6.07) is 2.68. The molecule has 8 heteroatoms. The highest BCUT2D eigenvalue weighted by atomic mass is 19.1. The van der Waals surface area contributed by atoms with Gasteiger partial charge in [-0.05, 0) is 12.5 Å². The van der Waals surface area contributed by atoms with Crippen molar-refractivity contribution in [3.63, 3.8) is 0 Å². The summed E-state index contributed by atoms with van der Waals surface area (Å²) in [5, 5.41) is 10.7. The highest BCUT2D eigenvalue weighted by Crippen LogP contribution is 2.18. The van der Waals surface area contributed by atoms with E-state index in [0.717, 1.165) is 23.1 Å². The molecule has 114 valence electrons. The monoisotopic (exact) mass is 298 g/mol. The van der Waals surface area contributed by atoms with Crippen LogP contribution in [0.25, 0.3) is 0 Å². The molecule has 0 unspecified atom stereocenters. The average molecular weight is 298 g/mol. The van der Waals surface area contributed by atoms with Gasteiger partial charge >= 0.3 is 5.97 Å². The molecule has 1 aromatic rings. The first-order valence-electron chi connectivity index (χ1n) is 6.20. The van der Waals surface area contributed by atoms with Gasteiger partial charge in [0.1, 0.15) is 12.4 Å². The van der Waals surface area contributed by atoms with Gasteiger partial charge in [0.2, 0.25) is 0 Å². The number of esters is 1. The number of rotatable bonds is 6. The van der Waals surface area contributed by atoms with Crippen LogP contribution < -0.4 is 0 Å². The van der Waals surface area contributed by atoms with Crippen LogP contribution in [-0.4, -0.2) is 41.9 Å². The Kier molecular flexibility index (Phi) is 5.77. The second-order valence-electron chi connectivity index (χ2n) is 4.22. The topological polar surface area (TPSA) is 89.8 Å². The molecule has 0 spiro atoms. The van der Waals surface area contributed by atoms with Gasteiger partial charge < -0.3 is 9.64 Å². The summed E-state index contributed by atoms with van der Waals surface area (Å²) in [5.74, 6) is -2.32. The molecule has 1 amide bonds. The smallest absolute Gasteiger partial charge is 0.325 e. The van der Waals surface area contributed by atoms with Crippen LogP contribution in [0.15, 0.2) is 18.2 Å². The third-order valence-electron chi connectivity index (χ3n) is 2.72. The lowest BCUT2D eigenvalue weighted by atomic mass is 10.1. The maximum atomic E-state index is 13.7. The largest absolute Gasteiger partial charge is 0.468 e. The molecule has 0 fully saturated rings. The Morgan fingerprint density at radius 2 is 2.10 bits per heavy atom. The minimum Gasteiger partial charge on any atom is -0.468 e. The lowest BCUT2D eigenvalue weighted by Gasteiger charge is -2.20. The van der Waals surface area contributed by atoms with Crippen molar-refractivity contribution < 1.29 is 23.6 Å². The van der Waals surface area contributed by atoms with E-state index in [1.54, 1.807) is 6.92 Å². The number of nitro groups is 1. The average Bonchev–Trinajstić information content (AvgIpc) is 2.46. The molecule has 0 atom stereocenters. The minimum absolute atomic E-state index is 0.204. The van der Waals surface area contributed by atoms with Crippen molar-refractivity contribution in [3.8, 4) is 0 Å². The number of benzene rings is 1. The molecule has 0 radical (unpaired) electrons. The zero-order valence-corrected chi connectivity index (χ0v) is 11.7.